The lowest BCUT2D eigenvalue weighted by atomic mass is 9.80. The van der Waals surface area contributed by atoms with E-state index in [9.17, 15) is 28.8 Å². The van der Waals surface area contributed by atoms with Gasteiger partial charge in [-0.3, -0.25) is 9.00 Å². The van der Waals surface area contributed by atoms with Crippen molar-refractivity contribution in [3.05, 3.63) is 11.5 Å². The molecule has 0 aromatic heterocycles. The van der Waals surface area contributed by atoms with Crippen LogP contribution in [0.1, 0.15) is 12.8 Å². The van der Waals surface area contributed by atoms with Crippen molar-refractivity contribution in [3.63, 3.8) is 0 Å². The number of Topliss-reactive ketones (excluding diaryl/α,β-unsaturated/α-hetero) is 1. The van der Waals surface area contributed by atoms with Crippen molar-refractivity contribution in [1.82, 2.24) is 0 Å². The number of rotatable bonds is 4. The first kappa shape index (κ1) is 12.6. The van der Waals surface area contributed by atoms with E-state index in [2.05, 4.69) is 0 Å². The summed E-state index contributed by atoms with van der Waals surface area (Å²) in [6, 6.07) is 0. The highest BCUT2D eigenvalue weighted by molar-refractivity contribution is 7.88. The first-order valence-electron chi connectivity index (χ1n) is 4.39. The SMILES string of the molecule is O=C([O-])C(=O)CC1(C(=O)[O-])C=CS(=O)CC1. The zero-order valence-electron chi connectivity index (χ0n) is 8.13. The van der Waals surface area contributed by atoms with E-state index < -0.39 is 40.4 Å². The van der Waals surface area contributed by atoms with Crippen molar-refractivity contribution >= 4 is 28.5 Å². The molecular formula is C9H8O6S-2. The molecule has 0 fully saturated rings. The van der Waals surface area contributed by atoms with Crippen LogP contribution in [0.4, 0.5) is 0 Å². The van der Waals surface area contributed by atoms with Gasteiger partial charge in [-0.2, -0.15) is 0 Å². The molecule has 1 heterocycles. The summed E-state index contributed by atoms with van der Waals surface area (Å²) < 4.78 is 11.0. The van der Waals surface area contributed by atoms with Crippen molar-refractivity contribution in [3.8, 4) is 0 Å². The summed E-state index contributed by atoms with van der Waals surface area (Å²) in [5.74, 6) is -4.72. The van der Waals surface area contributed by atoms with Gasteiger partial charge in [-0.15, -0.1) is 0 Å². The van der Waals surface area contributed by atoms with Crippen LogP contribution in [0.2, 0.25) is 0 Å². The van der Waals surface area contributed by atoms with Crippen LogP contribution in [0.5, 0.6) is 0 Å². The first-order chi connectivity index (χ1) is 7.37. The van der Waals surface area contributed by atoms with Gasteiger partial charge in [-0.05, 0) is 11.8 Å². The van der Waals surface area contributed by atoms with Gasteiger partial charge in [0.15, 0.2) is 5.78 Å². The Morgan fingerprint density at radius 2 is 1.94 bits per heavy atom. The Hall–Kier alpha value is -1.50. The van der Waals surface area contributed by atoms with Gasteiger partial charge in [-0.1, -0.05) is 6.08 Å². The molecule has 1 aliphatic heterocycles. The molecule has 0 amide bonds. The van der Waals surface area contributed by atoms with Crippen molar-refractivity contribution < 1.29 is 28.8 Å². The van der Waals surface area contributed by atoms with Crippen LogP contribution in [0.3, 0.4) is 0 Å². The summed E-state index contributed by atoms with van der Waals surface area (Å²) in [6.07, 6.45) is 0.256. The highest BCUT2D eigenvalue weighted by Crippen LogP contribution is 2.32. The number of carboxylic acid groups (broad SMARTS) is 2. The smallest absolute Gasteiger partial charge is 0.179 e. The van der Waals surface area contributed by atoms with Crippen LogP contribution in [0.25, 0.3) is 0 Å². The number of hydrogen-bond acceptors (Lipinski definition) is 6. The van der Waals surface area contributed by atoms with Crippen LogP contribution in [-0.2, 0) is 25.2 Å². The Morgan fingerprint density at radius 1 is 1.31 bits per heavy atom. The lowest BCUT2D eigenvalue weighted by Crippen LogP contribution is -2.46. The summed E-state index contributed by atoms with van der Waals surface area (Å²) in [5.41, 5.74) is -1.68. The molecule has 2 atom stereocenters. The lowest BCUT2D eigenvalue weighted by Gasteiger charge is -2.33. The number of carbonyl (C=O) groups is 3. The monoisotopic (exact) mass is 244 g/mol. The summed E-state index contributed by atoms with van der Waals surface area (Å²) in [5, 5.41) is 22.3. The molecule has 16 heavy (non-hydrogen) atoms. The molecule has 6 nitrogen and oxygen atoms in total. The van der Waals surface area contributed by atoms with Gasteiger partial charge in [0.25, 0.3) is 0 Å². The van der Waals surface area contributed by atoms with Gasteiger partial charge >= 0.3 is 0 Å². The number of carbonyl (C=O) groups excluding carboxylic acids is 3. The molecular weight excluding hydrogens is 236 g/mol. The maximum absolute atomic E-state index is 11.0. The number of ketones is 1. The van der Waals surface area contributed by atoms with E-state index >= 15 is 0 Å². The molecule has 0 aromatic rings. The fraction of sp³-hybridized carbons (Fsp3) is 0.444. The van der Waals surface area contributed by atoms with Crippen LogP contribution in [-0.4, -0.2) is 27.7 Å². The summed E-state index contributed by atoms with van der Waals surface area (Å²) in [4.78, 5) is 32.1. The summed E-state index contributed by atoms with van der Waals surface area (Å²) in [6.45, 7) is 0. The third-order valence-electron chi connectivity index (χ3n) is 2.40. The van der Waals surface area contributed by atoms with E-state index in [4.69, 9.17) is 0 Å². The Labute approximate surface area is 93.4 Å². The van der Waals surface area contributed by atoms with Crippen molar-refractivity contribution in [2.45, 2.75) is 12.8 Å². The Bertz CT molecular complexity index is 399. The predicted octanol–water partition coefficient (Wildman–Crippen LogP) is -2.90. The van der Waals surface area contributed by atoms with Crippen molar-refractivity contribution in [2.24, 2.45) is 5.41 Å². The number of hydrogen-bond donors (Lipinski definition) is 0. The second kappa shape index (κ2) is 4.56. The van der Waals surface area contributed by atoms with Gasteiger partial charge in [0, 0.05) is 28.4 Å². The molecule has 1 rings (SSSR count). The number of carboxylic acids is 2. The molecule has 0 spiro atoms. The Morgan fingerprint density at radius 3 is 2.31 bits per heavy atom. The van der Waals surface area contributed by atoms with E-state index in [0.717, 1.165) is 11.5 Å². The molecule has 7 heteroatoms. The van der Waals surface area contributed by atoms with E-state index in [1.165, 1.54) is 0 Å². The van der Waals surface area contributed by atoms with Crippen molar-refractivity contribution in [2.75, 3.05) is 5.75 Å². The molecule has 2 unspecified atom stereocenters. The average molecular weight is 244 g/mol. The van der Waals surface area contributed by atoms with Gasteiger partial charge < -0.3 is 19.8 Å². The Kier molecular flexibility index (Phi) is 3.58. The van der Waals surface area contributed by atoms with Crippen LogP contribution >= 0.6 is 0 Å². The zero-order chi connectivity index (χ0) is 12.3. The minimum atomic E-state index is -1.93. The normalized spacial score (nSPS) is 28.6. The zero-order valence-corrected chi connectivity index (χ0v) is 8.95. The highest BCUT2D eigenvalue weighted by Gasteiger charge is 2.34. The maximum Gasteiger partial charge on any atom is 0.179 e. The standard InChI is InChI=1S/C9H10O6S/c10-6(7(11)12)5-9(8(13)14)1-3-16(15)4-2-9/h1,3H,2,4-5H2,(H,11,12)(H,13,14)/p-2. The third-order valence-corrected chi connectivity index (χ3v) is 3.44. The first-order valence-corrected chi connectivity index (χ1v) is 5.78. The summed E-state index contributed by atoms with van der Waals surface area (Å²) >= 11 is 0. The molecule has 0 bridgehead atoms. The van der Waals surface area contributed by atoms with E-state index in [1.807, 2.05) is 0 Å². The lowest BCUT2D eigenvalue weighted by molar-refractivity contribution is -0.317. The van der Waals surface area contributed by atoms with Crippen LogP contribution < -0.4 is 10.2 Å². The maximum atomic E-state index is 11.0. The van der Waals surface area contributed by atoms with E-state index in [0.29, 0.717) is 0 Å². The van der Waals surface area contributed by atoms with Gasteiger partial charge in [0.05, 0.1) is 5.97 Å². The number of aliphatic carboxylic acids is 2. The topological polar surface area (TPSA) is 114 Å². The fourth-order valence-electron chi connectivity index (χ4n) is 1.39. The van der Waals surface area contributed by atoms with E-state index in [1.54, 1.807) is 0 Å². The van der Waals surface area contributed by atoms with Crippen molar-refractivity contribution in [1.29, 1.82) is 0 Å². The van der Waals surface area contributed by atoms with Gasteiger partial charge in [-0.25, -0.2) is 0 Å². The average Bonchev–Trinajstić information content (AvgIpc) is 2.21. The second-order valence-electron chi connectivity index (χ2n) is 3.47. The van der Waals surface area contributed by atoms with E-state index in [-0.39, 0.29) is 12.2 Å². The highest BCUT2D eigenvalue weighted by atomic mass is 32.2. The predicted molar refractivity (Wildman–Crippen MR) is 48.8 cm³/mol. The fourth-order valence-corrected chi connectivity index (χ4v) is 2.50. The van der Waals surface area contributed by atoms with Gasteiger partial charge in [0.1, 0.15) is 5.97 Å². The minimum Gasteiger partial charge on any atom is -0.549 e. The third kappa shape index (κ3) is 2.54. The minimum absolute atomic E-state index is 0.0603. The second-order valence-corrected chi connectivity index (χ2v) is 4.91. The Balaban J connectivity index is 2.95. The molecule has 0 aliphatic carbocycles. The van der Waals surface area contributed by atoms with Crippen LogP contribution in [0.15, 0.2) is 11.5 Å². The molecule has 1 aliphatic rings. The molecule has 0 saturated carbocycles. The molecule has 0 aromatic carbocycles. The summed E-state index contributed by atoms with van der Waals surface area (Å²) in [7, 11) is -1.27. The molecule has 0 radical (unpaired) electrons. The van der Waals surface area contributed by atoms with Gasteiger partial charge in [0.2, 0.25) is 0 Å². The largest absolute Gasteiger partial charge is 0.549 e. The molecule has 0 saturated heterocycles. The quantitative estimate of drug-likeness (QED) is 0.490. The van der Waals surface area contributed by atoms with Crippen LogP contribution in [0, 0.1) is 5.41 Å². The molecule has 88 valence electrons. The molecule has 0 N–H and O–H groups in total.